The summed E-state index contributed by atoms with van der Waals surface area (Å²) < 4.78 is 7.22. The van der Waals surface area contributed by atoms with Crippen molar-refractivity contribution in [1.29, 1.82) is 0 Å². The maximum Gasteiger partial charge on any atom is 0.313 e. The Balaban J connectivity index is 1.96. The molecular weight excluding hydrogens is 276 g/mol. The molecule has 4 heteroatoms. The Morgan fingerprint density at radius 2 is 2.00 bits per heavy atom. The van der Waals surface area contributed by atoms with E-state index in [4.69, 9.17) is 4.74 Å². The zero-order valence-corrected chi connectivity index (χ0v) is 14.0. The van der Waals surface area contributed by atoms with Crippen LogP contribution < -0.4 is 4.74 Å². The topological polar surface area (TPSA) is 44.1 Å². The maximum atomic E-state index is 12.0. The third-order valence-corrected chi connectivity index (χ3v) is 3.57. The number of carbonyl (C=O) groups is 1. The van der Waals surface area contributed by atoms with Gasteiger partial charge >= 0.3 is 5.97 Å². The first-order valence-corrected chi connectivity index (χ1v) is 7.56. The molecule has 2 aromatic rings. The number of benzene rings is 1. The summed E-state index contributed by atoms with van der Waals surface area (Å²) in [5.41, 5.74) is 3.39. The highest BCUT2D eigenvalue weighted by atomic mass is 16.5. The molecule has 0 unspecified atom stereocenters. The molecule has 0 aliphatic heterocycles. The standard InChI is InChI=1S/C18H24N2O2/c1-13-11-19-20(12-13)9-8-17(21)22-16-7-6-15(10-14(16)2)18(3,4)5/h6-7,10-12H,8-9H2,1-5H3. The monoisotopic (exact) mass is 300 g/mol. The van der Waals surface area contributed by atoms with E-state index in [1.807, 2.05) is 32.2 Å². The molecule has 2 rings (SSSR count). The number of ether oxygens (including phenoxy) is 1. The van der Waals surface area contributed by atoms with Gasteiger partial charge in [-0.2, -0.15) is 5.10 Å². The van der Waals surface area contributed by atoms with Crippen molar-refractivity contribution in [2.45, 2.75) is 53.0 Å². The van der Waals surface area contributed by atoms with E-state index in [1.165, 1.54) is 5.56 Å². The average Bonchev–Trinajstić information content (AvgIpc) is 2.83. The van der Waals surface area contributed by atoms with Crippen molar-refractivity contribution in [3.05, 3.63) is 47.3 Å². The minimum Gasteiger partial charge on any atom is -0.426 e. The second-order valence-corrected chi connectivity index (χ2v) is 6.74. The number of carbonyl (C=O) groups excluding carboxylic acids is 1. The van der Waals surface area contributed by atoms with Crippen LogP contribution in [0.15, 0.2) is 30.6 Å². The third kappa shape index (κ3) is 4.20. The highest BCUT2D eigenvalue weighted by molar-refractivity contribution is 5.72. The summed E-state index contributed by atoms with van der Waals surface area (Å²) in [7, 11) is 0. The van der Waals surface area contributed by atoms with Crippen LogP contribution in [0, 0.1) is 13.8 Å². The first kappa shape index (κ1) is 16.3. The van der Waals surface area contributed by atoms with Gasteiger partial charge in [-0.25, -0.2) is 0 Å². The van der Waals surface area contributed by atoms with E-state index in [2.05, 4.69) is 31.9 Å². The van der Waals surface area contributed by atoms with Crippen molar-refractivity contribution in [2.24, 2.45) is 0 Å². The van der Waals surface area contributed by atoms with Crippen LogP contribution in [0.2, 0.25) is 0 Å². The number of rotatable bonds is 4. The van der Waals surface area contributed by atoms with Crippen molar-refractivity contribution >= 4 is 5.97 Å². The summed E-state index contributed by atoms with van der Waals surface area (Å²) in [6, 6.07) is 5.98. The Labute approximate surface area is 132 Å². The van der Waals surface area contributed by atoms with Crippen LogP contribution in [0.25, 0.3) is 0 Å². The van der Waals surface area contributed by atoms with Crippen LogP contribution in [0.3, 0.4) is 0 Å². The number of hydrogen-bond acceptors (Lipinski definition) is 3. The van der Waals surface area contributed by atoms with E-state index in [-0.39, 0.29) is 11.4 Å². The lowest BCUT2D eigenvalue weighted by atomic mass is 9.86. The van der Waals surface area contributed by atoms with Gasteiger partial charge in [0.2, 0.25) is 0 Å². The molecule has 0 bridgehead atoms. The lowest BCUT2D eigenvalue weighted by Crippen LogP contribution is -2.14. The van der Waals surface area contributed by atoms with E-state index in [1.54, 1.807) is 10.9 Å². The van der Waals surface area contributed by atoms with Crippen molar-refractivity contribution < 1.29 is 9.53 Å². The smallest absolute Gasteiger partial charge is 0.313 e. The van der Waals surface area contributed by atoms with E-state index in [9.17, 15) is 4.79 Å². The van der Waals surface area contributed by atoms with Crippen LogP contribution >= 0.6 is 0 Å². The fourth-order valence-electron chi connectivity index (χ4n) is 2.20. The van der Waals surface area contributed by atoms with E-state index >= 15 is 0 Å². The van der Waals surface area contributed by atoms with Crippen LogP contribution in [0.4, 0.5) is 0 Å². The molecule has 1 aromatic heterocycles. The van der Waals surface area contributed by atoms with Gasteiger partial charge in [0.05, 0.1) is 19.2 Å². The second kappa shape index (κ2) is 6.34. The molecule has 0 aliphatic carbocycles. The summed E-state index contributed by atoms with van der Waals surface area (Å²) in [6.45, 7) is 11.0. The Morgan fingerprint density at radius 3 is 2.55 bits per heavy atom. The van der Waals surface area contributed by atoms with Gasteiger partial charge in [0, 0.05) is 6.20 Å². The number of esters is 1. The molecule has 0 fully saturated rings. The molecule has 1 heterocycles. The van der Waals surface area contributed by atoms with Crippen LogP contribution in [-0.2, 0) is 16.8 Å². The zero-order valence-electron chi connectivity index (χ0n) is 14.0. The molecular formula is C18H24N2O2. The molecule has 0 amide bonds. The lowest BCUT2D eigenvalue weighted by Gasteiger charge is -2.20. The molecule has 1 aromatic carbocycles. The van der Waals surface area contributed by atoms with Crippen molar-refractivity contribution in [1.82, 2.24) is 9.78 Å². The summed E-state index contributed by atoms with van der Waals surface area (Å²) in [4.78, 5) is 12.0. The van der Waals surface area contributed by atoms with Gasteiger partial charge in [0.15, 0.2) is 0 Å². The Hall–Kier alpha value is -2.10. The summed E-state index contributed by atoms with van der Waals surface area (Å²) in [5, 5.41) is 4.16. The highest BCUT2D eigenvalue weighted by Gasteiger charge is 2.15. The SMILES string of the molecule is Cc1cnn(CCC(=O)Oc2ccc(C(C)(C)C)cc2C)c1. The van der Waals surface area contributed by atoms with Crippen LogP contribution in [-0.4, -0.2) is 15.7 Å². The normalized spacial score (nSPS) is 11.5. The fourth-order valence-corrected chi connectivity index (χ4v) is 2.20. The van der Waals surface area contributed by atoms with Gasteiger partial charge in [-0.1, -0.05) is 32.9 Å². The Morgan fingerprint density at radius 1 is 1.27 bits per heavy atom. The fraction of sp³-hybridized carbons (Fsp3) is 0.444. The number of aryl methyl sites for hydroxylation is 3. The Kier molecular flexibility index (Phi) is 4.69. The van der Waals surface area contributed by atoms with E-state index in [0.717, 1.165) is 11.1 Å². The number of hydrogen-bond donors (Lipinski definition) is 0. The van der Waals surface area contributed by atoms with Gasteiger partial charge in [-0.05, 0) is 42.0 Å². The minimum absolute atomic E-state index is 0.0885. The summed E-state index contributed by atoms with van der Waals surface area (Å²) in [6.07, 6.45) is 4.00. The first-order valence-electron chi connectivity index (χ1n) is 7.56. The molecule has 0 spiro atoms. The second-order valence-electron chi connectivity index (χ2n) is 6.74. The van der Waals surface area contributed by atoms with Gasteiger partial charge in [-0.3, -0.25) is 9.48 Å². The summed E-state index contributed by atoms with van der Waals surface area (Å²) in [5.74, 6) is 0.398. The molecule has 0 aliphatic rings. The largest absolute Gasteiger partial charge is 0.426 e. The Bertz CT molecular complexity index is 666. The maximum absolute atomic E-state index is 12.0. The van der Waals surface area contributed by atoms with Crippen LogP contribution in [0.5, 0.6) is 5.75 Å². The molecule has 0 atom stereocenters. The van der Waals surface area contributed by atoms with Crippen molar-refractivity contribution in [3.63, 3.8) is 0 Å². The van der Waals surface area contributed by atoms with Gasteiger partial charge in [0.1, 0.15) is 5.75 Å². The van der Waals surface area contributed by atoms with Crippen LogP contribution in [0.1, 0.15) is 43.9 Å². The molecule has 0 saturated heterocycles. The van der Waals surface area contributed by atoms with E-state index in [0.29, 0.717) is 18.7 Å². The quantitative estimate of drug-likeness (QED) is 0.637. The first-order chi connectivity index (χ1) is 10.3. The predicted octanol–water partition coefficient (Wildman–Crippen LogP) is 3.79. The van der Waals surface area contributed by atoms with Gasteiger partial charge in [-0.15, -0.1) is 0 Å². The van der Waals surface area contributed by atoms with Crippen molar-refractivity contribution in [2.75, 3.05) is 0 Å². The molecule has 22 heavy (non-hydrogen) atoms. The number of aromatic nitrogens is 2. The average molecular weight is 300 g/mol. The molecule has 0 radical (unpaired) electrons. The predicted molar refractivity (Wildman–Crippen MR) is 87.1 cm³/mol. The van der Waals surface area contributed by atoms with Gasteiger partial charge in [0.25, 0.3) is 0 Å². The molecule has 4 nitrogen and oxygen atoms in total. The third-order valence-electron chi connectivity index (χ3n) is 3.57. The lowest BCUT2D eigenvalue weighted by molar-refractivity contribution is -0.134. The van der Waals surface area contributed by atoms with E-state index < -0.39 is 0 Å². The highest BCUT2D eigenvalue weighted by Crippen LogP contribution is 2.27. The van der Waals surface area contributed by atoms with Crippen molar-refractivity contribution in [3.8, 4) is 5.75 Å². The zero-order chi connectivity index (χ0) is 16.3. The molecule has 0 saturated carbocycles. The minimum atomic E-state index is -0.236. The summed E-state index contributed by atoms with van der Waals surface area (Å²) >= 11 is 0. The molecule has 0 N–H and O–H groups in total. The molecule has 118 valence electrons. The number of nitrogens with zero attached hydrogens (tertiary/aromatic N) is 2. The van der Waals surface area contributed by atoms with Gasteiger partial charge < -0.3 is 4.74 Å².